The molecule has 0 radical (unpaired) electrons. The van der Waals surface area contributed by atoms with E-state index in [0.717, 1.165) is 34.0 Å². The van der Waals surface area contributed by atoms with Crippen LogP contribution in [0.4, 0.5) is 11.4 Å². The van der Waals surface area contributed by atoms with Crippen LogP contribution in [0, 0.1) is 13.8 Å². The molecule has 1 aliphatic rings. The van der Waals surface area contributed by atoms with Crippen molar-refractivity contribution in [3.05, 3.63) is 106 Å². The van der Waals surface area contributed by atoms with Crippen LogP contribution in [0.2, 0.25) is 10.0 Å². The van der Waals surface area contributed by atoms with Crippen molar-refractivity contribution in [3.8, 4) is 5.69 Å². The Hall–Kier alpha value is -3.43. The third-order valence-corrected chi connectivity index (χ3v) is 7.89. The largest absolute Gasteiger partial charge is 0.375 e. The minimum Gasteiger partial charge on any atom is -0.375 e. The number of rotatable bonds is 7. The standard InChI is InChI=1S/C29H27Cl2N5O2S/c1-17-15-21(18(2)35(17)24-9-6-7-22(30)26(24)31)28-27(23-8-4-5-14-32-23)34-29(39)36(28)20-12-10-19(11-13-20)33-25(37)16-38-3/h4-15,27-28H,16H2,1-3H3,(H,33,37)(H,34,39)/t27-,28-/m0/s1. The van der Waals surface area contributed by atoms with E-state index in [4.69, 9.17) is 40.2 Å². The van der Waals surface area contributed by atoms with Crippen molar-refractivity contribution in [1.82, 2.24) is 14.9 Å². The summed E-state index contributed by atoms with van der Waals surface area (Å²) in [5.74, 6) is -0.219. The third kappa shape index (κ3) is 5.25. The average molecular weight is 581 g/mol. The normalized spacial score (nSPS) is 16.8. The van der Waals surface area contributed by atoms with Gasteiger partial charge in [0.1, 0.15) is 6.61 Å². The molecular weight excluding hydrogens is 553 g/mol. The molecule has 0 bridgehead atoms. The number of benzene rings is 2. The molecule has 5 rings (SSSR count). The molecule has 0 spiro atoms. The van der Waals surface area contributed by atoms with Gasteiger partial charge >= 0.3 is 0 Å². The van der Waals surface area contributed by atoms with Crippen LogP contribution in [0.3, 0.4) is 0 Å². The average Bonchev–Trinajstić information content (AvgIpc) is 3.42. The maximum absolute atomic E-state index is 12.0. The van der Waals surface area contributed by atoms with E-state index in [2.05, 4.69) is 38.1 Å². The number of carbonyl (C=O) groups is 1. The summed E-state index contributed by atoms with van der Waals surface area (Å²) in [5.41, 5.74) is 6.35. The van der Waals surface area contributed by atoms with Gasteiger partial charge in [-0.2, -0.15) is 0 Å². The number of aryl methyl sites for hydroxylation is 1. The Morgan fingerprint density at radius 3 is 2.56 bits per heavy atom. The van der Waals surface area contributed by atoms with Gasteiger partial charge in [0, 0.05) is 36.1 Å². The van der Waals surface area contributed by atoms with E-state index < -0.39 is 0 Å². The first-order valence-corrected chi connectivity index (χ1v) is 13.5. The van der Waals surface area contributed by atoms with Gasteiger partial charge in [0.15, 0.2) is 5.11 Å². The van der Waals surface area contributed by atoms with Gasteiger partial charge in [0.2, 0.25) is 5.91 Å². The number of hydrogen-bond donors (Lipinski definition) is 2. The number of halogens is 2. The smallest absolute Gasteiger partial charge is 0.250 e. The van der Waals surface area contributed by atoms with Gasteiger partial charge < -0.3 is 24.8 Å². The van der Waals surface area contributed by atoms with Crippen molar-refractivity contribution in [1.29, 1.82) is 0 Å². The van der Waals surface area contributed by atoms with Gasteiger partial charge in [0.25, 0.3) is 0 Å². The molecule has 4 aromatic rings. The van der Waals surface area contributed by atoms with Gasteiger partial charge in [-0.3, -0.25) is 9.78 Å². The summed E-state index contributed by atoms with van der Waals surface area (Å²) < 4.78 is 7.03. The number of ether oxygens (including phenoxy) is 1. The predicted octanol–water partition coefficient (Wildman–Crippen LogP) is 6.56. The van der Waals surface area contributed by atoms with E-state index in [-0.39, 0.29) is 24.6 Å². The van der Waals surface area contributed by atoms with E-state index in [9.17, 15) is 4.79 Å². The summed E-state index contributed by atoms with van der Waals surface area (Å²) in [5, 5.41) is 7.90. The molecule has 1 saturated heterocycles. The molecule has 200 valence electrons. The van der Waals surface area contributed by atoms with Crippen LogP contribution in [-0.4, -0.2) is 34.3 Å². The quantitative estimate of drug-likeness (QED) is 0.242. The lowest BCUT2D eigenvalue weighted by atomic mass is 9.96. The molecule has 1 aliphatic heterocycles. The van der Waals surface area contributed by atoms with Crippen LogP contribution in [0.25, 0.3) is 5.69 Å². The molecule has 2 aromatic heterocycles. The molecular formula is C29H27Cl2N5O2S. The van der Waals surface area contributed by atoms with E-state index >= 15 is 0 Å². The Labute approximate surface area is 242 Å². The summed E-state index contributed by atoms with van der Waals surface area (Å²) in [4.78, 5) is 18.7. The lowest BCUT2D eigenvalue weighted by Gasteiger charge is -2.28. The maximum atomic E-state index is 12.0. The Balaban J connectivity index is 1.60. The molecule has 1 amide bonds. The SMILES string of the molecule is COCC(=O)Nc1ccc(N2C(=S)N[C@@H](c3ccccn3)[C@@H]2c2cc(C)n(-c3cccc(Cl)c3Cl)c2C)cc1. The number of carbonyl (C=O) groups excluding carboxylic acids is 1. The molecule has 2 N–H and O–H groups in total. The summed E-state index contributed by atoms with van der Waals surface area (Å²) in [6, 6.07) is 20.8. The van der Waals surface area contributed by atoms with E-state index in [1.807, 2.05) is 61.5 Å². The summed E-state index contributed by atoms with van der Waals surface area (Å²) >= 11 is 18.9. The minimum absolute atomic E-state index is 0.0119. The van der Waals surface area contributed by atoms with Crippen LogP contribution in [0.5, 0.6) is 0 Å². The van der Waals surface area contributed by atoms with E-state index in [0.29, 0.717) is 20.8 Å². The zero-order chi connectivity index (χ0) is 27.7. The lowest BCUT2D eigenvalue weighted by molar-refractivity contribution is -0.119. The van der Waals surface area contributed by atoms with Crippen molar-refractivity contribution in [2.24, 2.45) is 0 Å². The number of nitrogens with one attached hydrogen (secondary N) is 2. The van der Waals surface area contributed by atoms with Crippen molar-refractivity contribution < 1.29 is 9.53 Å². The number of methoxy groups -OCH3 is 1. The Morgan fingerprint density at radius 1 is 1.10 bits per heavy atom. The lowest BCUT2D eigenvalue weighted by Crippen LogP contribution is -2.29. The highest BCUT2D eigenvalue weighted by molar-refractivity contribution is 7.80. The van der Waals surface area contributed by atoms with Crippen molar-refractivity contribution in [3.63, 3.8) is 0 Å². The highest BCUT2D eigenvalue weighted by Gasteiger charge is 2.42. The second kappa shape index (κ2) is 11.4. The Bertz CT molecular complexity index is 1520. The summed E-state index contributed by atoms with van der Waals surface area (Å²) in [6.07, 6.45) is 1.78. The summed E-state index contributed by atoms with van der Waals surface area (Å²) in [7, 11) is 1.49. The van der Waals surface area contributed by atoms with E-state index in [1.165, 1.54) is 7.11 Å². The number of pyridine rings is 1. The van der Waals surface area contributed by atoms with Crippen LogP contribution in [-0.2, 0) is 9.53 Å². The fourth-order valence-electron chi connectivity index (χ4n) is 5.11. The van der Waals surface area contributed by atoms with Gasteiger partial charge in [-0.05, 0) is 86.2 Å². The van der Waals surface area contributed by atoms with Crippen LogP contribution in [0.1, 0.15) is 34.7 Å². The minimum atomic E-state index is -0.219. The number of thiocarbonyl (C=S) groups is 1. The number of anilines is 2. The fourth-order valence-corrected chi connectivity index (χ4v) is 5.83. The molecule has 3 heterocycles. The van der Waals surface area contributed by atoms with Crippen molar-refractivity contribution >= 4 is 57.8 Å². The topological polar surface area (TPSA) is 71.4 Å². The van der Waals surface area contributed by atoms with Crippen molar-refractivity contribution in [2.75, 3.05) is 23.9 Å². The second-order valence-corrected chi connectivity index (χ2v) is 10.4. The van der Waals surface area contributed by atoms with Gasteiger partial charge in [-0.25, -0.2) is 0 Å². The molecule has 10 heteroatoms. The highest BCUT2D eigenvalue weighted by atomic mass is 35.5. The molecule has 0 saturated carbocycles. The van der Waals surface area contributed by atoms with E-state index in [1.54, 1.807) is 12.3 Å². The van der Waals surface area contributed by atoms with Gasteiger partial charge in [0.05, 0.1) is 33.5 Å². The van der Waals surface area contributed by atoms with Crippen LogP contribution >= 0.6 is 35.4 Å². The first-order chi connectivity index (χ1) is 18.8. The van der Waals surface area contributed by atoms with Crippen LogP contribution < -0.4 is 15.5 Å². The molecule has 2 atom stereocenters. The number of aromatic nitrogens is 2. The fraction of sp³-hybridized carbons (Fsp3) is 0.207. The number of hydrogen-bond acceptors (Lipinski definition) is 4. The monoisotopic (exact) mass is 579 g/mol. The molecule has 39 heavy (non-hydrogen) atoms. The maximum Gasteiger partial charge on any atom is 0.250 e. The highest BCUT2D eigenvalue weighted by Crippen LogP contribution is 2.44. The van der Waals surface area contributed by atoms with Crippen LogP contribution in [0.15, 0.2) is 72.9 Å². The molecule has 0 aliphatic carbocycles. The second-order valence-electron chi connectivity index (χ2n) is 9.26. The molecule has 2 aromatic carbocycles. The zero-order valence-corrected chi connectivity index (χ0v) is 23.9. The Kier molecular flexibility index (Phi) is 7.91. The predicted molar refractivity (Wildman–Crippen MR) is 160 cm³/mol. The third-order valence-electron chi connectivity index (χ3n) is 6.76. The zero-order valence-electron chi connectivity index (χ0n) is 21.6. The van der Waals surface area contributed by atoms with Crippen molar-refractivity contribution in [2.45, 2.75) is 25.9 Å². The molecule has 1 fully saturated rings. The molecule has 7 nitrogen and oxygen atoms in total. The number of nitrogens with zero attached hydrogens (tertiary/aromatic N) is 3. The van der Waals surface area contributed by atoms with Gasteiger partial charge in [-0.1, -0.05) is 35.3 Å². The van der Waals surface area contributed by atoms with Gasteiger partial charge in [-0.15, -0.1) is 0 Å². The first kappa shape index (κ1) is 27.1. The molecule has 0 unspecified atom stereocenters. The summed E-state index contributed by atoms with van der Waals surface area (Å²) in [6.45, 7) is 4.11. The Morgan fingerprint density at radius 2 is 1.87 bits per heavy atom. The first-order valence-electron chi connectivity index (χ1n) is 12.3. The number of amides is 1.